The van der Waals surface area contributed by atoms with Gasteiger partial charge < -0.3 is 25.1 Å². The van der Waals surface area contributed by atoms with Crippen LogP contribution in [0.3, 0.4) is 0 Å². The largest absolute Gasteiger partial charge is 0.489 e. The van der Waals surface area contributed by atoms with E-state index in [1.165, 1.54) is 0 Å². The molecule has 1 unspecified atom stereocenters. The Balaban J connectivity index is 0.00000155. The van der Waals surface area contributed by atoms with Gasteiger partial charge in [-0.1, -0.05) is 24.3 Å². The molecule has 7 heteroatoms. The highest BCUT2D eigenvalue weighted by Gasteiger charge is 2.26. The SMILES string of the molecule is CO.N#CC(CC(=O)O)c1ccc(OCc2ccc(OCC(=N)C3CC3)cc2)cc1. The number of benzene rings is 2. The van der Waals surface area contributed by atoms with E-state index in [0.717, 1.165) is 31.3 Å². The second-order valence-corrected chi connectivity index (χ2v) is 6.87. The maximum atomic E-state index is 10.8. The molecule has 0 heterocycles. The summed E-state index contributed by atoms with van der Waals surface area (Å²) in [5.74, 6) is 0.143. The number of aliphatic hydroxyl groups excluding tert-OH is 1. The van der Waals surface area contributed by atoms with E-state index in [-0.39, 0.29) is 6.42 Å². The summed E-state index contributed by atoms with van der Waals surface area (Å²) >= 11 is 0. The van der Waals surface area contributed by atoms with Crippen LogP contribution in [-0.4, -0.2) is 35.6 Å². The molecule has 2 aromatic rings. The van der Waals surface area contributed by atoms with Crippen LogP contribution >= 0.6 is 0 Å². The van der Waals surface area contributed by atoms with Gasteiger partial charge in [-0.15, -0.1) is 0 Å². The van der Waals surface area contributed by atoms with Crippen molar-refractivity contribution in [1.29, 1.82) is 10.7 Å². The maximum Gasteiger partial charge on any atom is 0.305 e. The molecule has 30 heavy (non-hydrogen) atoms. The number of aliphatic hydroxyl groups is 1. The van der Waals surface area contributed by atoms with Crippen LogP contribution in [0.5, 0.6) is 11.5 Å². The van der Waals surface area contributed by atoms with Crippen molar-refractivity contribution < 1.29 is 24.5 Å². The van der Waals surface area contributed by atoms with Crippen LogP contribution in [0.1, 0.15) is 36.3 Å². The highest BCUT2D eigenvalue weighted by Crippen LogP contribution is 2.30. The topological polar surface area (TPSA) is 124 Å². The Labute approximate surface area is 176 Å². The zero-order chi connectivity index (χ0) is 21.9. The molecule has 3 rings (SSSR count). The van der Waals surface area contributed by atoms with Gasteiger partial charge >= 0.3 is 5.97 Å². The number of nitriles is 1. The second-order valence-electron chi connectivity index (χ2n) is 6.87. The lowest BCUT2D eigenvalue weighted by Crippen LogP contribution is -2.11. The first-order chi connectivity index (χ1) is 14.5. The van der Waals surface area contributed by atoms with E-state index < -0.39 is 11.9 Å². The van der Waals surface area contributed by atoms with Crippen LogP contribution in [0.25, 0.3) is 0 Å². The maximum absolute atomic E-state index is 10.8. The number of aliphatic carboxylic acids is 1. The van der Waals surface area contributed by atoms with Gasteiger partial charge in [0.25, 0.3) is 0 Å². The monoisotopic (exact) mass is 410 g/mol. The highest BCUT2D eigenvalue weighted by atomic mass is 16.5. The van der Waals surface area contributed by atoms with E-state index in [2.05, 4.69) is 0 Å². The van der Waals surface area contributed by atoms with Gasteiger partial charge in [-0.05, 0) is 48.2 Å². The first-order valence-electron chi connectivity index (χ1n) is 9.63. The highest BCUT2D eigenvalue weighted by molar-refractivity contribution is 5.87. The Morgan fingerprint density at radius 3 is 2.20 bits per heavy atom. The van der Waals surface area contributed by atoms with Crippen LogP contribution in [0, 0.1) is 22.7 Å². The molecule has 0 amide bonds. The van der Waals surface area contributed by atoms with Crippen molar-refractivity contribution in [3.8, 4) is 17.6 Å². The summed E-state index contributed by atoms with van der Waals surface area (Å²) in [6.07, 6.45) is 2.00. The molecule has 0 aliphatic heterocycles. The standard InChI is InChI=1S/C22H22N2O4.CH4O/c23-12-18(11-22(25)26)16-5-9-20(10-6-16)27-13-15-1-7-19(8-2-15)28-14-21(24)17-3-4-17;1-2/h1-2,5-10,17-18,24H,3-4,11,13-14H2,(H,25,26);2H,1H3. The van der Waals surface area contributed by atoms with Crippen LogP contribution in [0.2, 0.25) is 0 Å². The molecule has 1 fully saturated rings. The minimum atomic E-state index is -0.997. The van der Waals surface area contributed by atoms with Crippen molar-refractivity contribution in [3.05, 3.63) is 59.7 Å². The number of nitrogens with one attached hydrogen (secondary N) is 1. The molecule has 1 aliphatic rings. The normalized spacial score (nSPS) is 13.2. The number of carboxylic acid groups (broad SMARTS) is 1. The number of carboxylic acids is 1. The molecule has 0 spiro atoms. The van der Waals surface area contributed by atoms with Gasteiger partial charge in [0.05, 0.1) is 18.4 Å². The average molecular weight is 410 g/mol. The van der Waals surface area contributed by atoms with Gasteiger partial charge in [0.15, 0.2) is 0 Å². The lowest BCUT2D eigenvalue weighted by molar-refractivity contribution is -0.137. The lowest BCUT2D eigenvalue weighted by Gasteiger charge is -2.10. The van der Waals surface area contributed by atoms with E-state index >= 15 is 0 Å². The van der Waals surface area contributed by atoms with Crippen LogP contribution in [-0.2, 0) is 11.4 Å². The van der Waals surface area contributed by atoms with Gasteiger partial charge in [0.1, 0.15) is 24.7 Å². The molecular formula is C23H26N2O5. The third-order valence-electron chi connectivity index (χ3n) is 4.61. The van der Waals surface area contributed by atoms with Crippen molar-refractivity contribution in [2.24, 2.45) is 5.92 Å². The predicted molar refractivity (Wildman–Crippen MR) is 112 cm³/mol. The molecule has 3 N–H and O–H groups in total. The summed E-state index contributed by atoms with van der Waals surface area (Å²) < 4.78 is 11.4. The van der Waals surface area contributed by atoms with Gasteiger partial charge in [0.2, 0.25) is 0 Å². The Hall–Kier alpha value is -3.37. The number of hydrogen-bond donors (Lipinski definition) is 3. The first-order valence-corrected chi connectivity index (χ1v) is 9.63. The summed E-state index contributed by atoms with van der Waals surface area (Å²) in [7, 11) is 1.00. The van der Waals surface area contributed by atoms with E-state index in [1.54, 1.807) is 24.3 Å². The number of ether oxygens (including phenoxy) is 2. The first kappa shape index (κ1) is 22.9. The van der Waals surface area contributed by atoms with E-state index in [0.29, 0.717) is 36.2 Å². The van der Waals surface area contributed by atoms with Crippen LogP contribution in [0.4, 0.5) is 0 Å². The fourth-order valence-corrected chi connectivity index (χ4v) is 2.77. The fourth-order valence-electron chi connectivity index (χ4n) is 2.77. The molecule has 0 radical (unpaired) electrons. The summed E-state index contributed by atoms with van der Waals surface area (Å²) in [6, 6.07) is 16.5. The van der Waals surface area contributed by atoms with E-state index in [1.807, 2.05) is 30.3 Å². The van der Waals surface area contributed by atoms with Gasteiger partial charge in [-0.3, -0.25) is 4.79 Å². The summed E-state index contributed by atoms with van der Waals surface area (Å²) in [6.45, 7) is 0.729. The fraction of sp³-hybridized carbons (Fsp3) is 0.348. The molecule has 1 atom stereocenters. The Bertz CT molecular complexity index is 868. The molecule has 158 valence electrons. The van der Waals surface area contributed by atoms with Gasteiger partial charge in [-0.2, -0.15) is 5.26 Å². The summed E-state index contributed by atoms with van der Waals surface area (Å²) in [4.78, 5) is 10.8. The molecule has 1 saturated carbocycles. The van der Waals surface area contributed by atoms with Gasteiger partial charge in [0, 0.05) is 18.7 Å². The predicted octanol–water partition coefficient (Wildman–Crippen LogP) is 3.76. The molecular weight excluding hydrogens is 384 g/mol. The van der Waals surface area contributed by atoms with Crippen molar-refractivity contribution in [2.45, 2.75) is 31.8 Å². The lowest BCUT2D eigenvalue weighted by atomic mass is 9.97. The van der Waals surface area contributed by atoms with Crippen molar-refractivity contribution in [3.63, 3.8) is 0 Å². The molecule has 0 saturated heterocycles. The molecule has 1 aliphatic carbocycles. The van der Waals surface area contributed by atoms with Crippen LogP contribution < -0.4 is 9.47 Å². The zero-order valence-electron chi connectivity index (χ0n) is 16.9. The summed E-state index contributed by atoms with van der Waals surface area (Å²) in [5.41, 5.74) is 2.31. The molecule has 0 bridgehead atoms. The minimum Gasteiger partial charge on any atom is -0.489 e. The third-order valence-corrected chi connectivity index (χ3v) is 4.61. The summed E-state index contributed by atoms with van der Waals surface area (Å²) in [5, 5.41) is 32.8. The molecule has 0 aromatic heterocycles. The second kappa shape index (κ2) is 11.6. The number of carbonyl (C=O) groups is 1. The number of hydrogen-bond acceptors (Lipinski definition) is 6. The van der Waals surface area contributed by atoms with Crippen LogP contribution in [0.15, 0.2) is 48.5 Å². The smallest absolute Gasteiger partial charge is 0.305 e. The van der Waals surface area contributed by atoms with Crippen molar-refractivity contribution in [1.82, 2.24) is 0 Å². The average Bonchev–Trinajstić information content (AvgIpc) is 3.62. The quantitative estimate of drug-likeness (QED) is 0.512. The van der Waals surface area contributed by atoms with Crippen molar-refractivity contribution >= 4 is 11.7 Å². The molecule has 2 aromatic carbocycles. The molecule has 7 nitrogen and oxygen atoms in total. The Morgan fingerprint density at radius 2 is 1.67 bits per heavy atom. The Kier molecular flexibility index (Phi) is 8.85. The zero-order valence-corrected chi connectivity index (χ0v) is 16.9. The van der Waals surface area contributed by atoms with E-state index in [4.69, 9.17) is 30.4 Å². The van der Waals surface area contributed by atoms with E-state index in [9.17, 15) is 4.79 Å². The minimum absolute atomic E-state index is 0.217. The van der Waals surface area contributed by atoms with Crippen molar-refractivity contribution in [2.75, 3.05) is 13.7 Å². The van der Waals surface area contributed by atoms with Gasteiger partial charge in [-0.25, -0.2) is 0 Å². The number of nitrogens with zero attached hydrogens (tertiary/aromatic N) is 1. The number of rotatable bonds is 10. The third kappa shape index (κ3) is 7.22. The Morgan fingerprint density at radius 1 is 1.10 bits per heavy atom.